The first kappa shape index (κ1) is 10.6. The molecule has 0 saturated carbocycles. The first-order valence-electron chi connectivity index (χ1n) is 4.99. The standard InChI is InChI=1S/C12H16N2/c1-3-11-6-4-5-7-12(11)14-9-10(2)8-13/h4-7,10,14H,3,9H2,1-2H3. The van der Waals surface area contributed by atoms with E-state index in [2.05, 4.69) is 30.4 Å². The smallest absolute Gasteiger partial charge is 0.0671 e. The monoisotopic (exact) mass is 188 g/mol. The Morgan fingerprint density at radius 3 is 2.79 bits per heavy atom. The van der Waals surface area contributed by atoms with E-state index < -0.39 is 0 Å². The molecule has 1 rings (SSSR count). The fourth-order valence-corrected chi connectivity index (χ4v) is 1.31. The van der Waals surface area contributed by atoms with Gasteiger partial charge >= 0.3 is 0 Å². The Labute approximate surface area is 85.6 Å². The number of nitrogens with zero attached hydrogens (tertiary/aromatic N) is 1. The molecule has 0 spiro atoms. The number of nitrogens with one attached hydrogen (secondary N) is 1. The van der Waals surface area contributed by atoms with Crippen LogP contribution in [-0.2, 0) is 6.42 Å². The summed E-state index contributed by atoms with van der Waals surface area (Å²) >= 11 is 0. The van der Waals surface area contributed by atoms with Gasteiger partial charge in [0, 0.05) is 12.2 Å². The first-order chi connectivity index (χ1) is 6.77. The van der Waals surface area contributed by atoms with Crippen LogP contribution >= 0.6 is 0 Å². The van der Waals surface area contributed by atoms with Crippen molar-refractivity contribution in [1.29, 1.82) is 5.26 Å². The Morgan fingerprint density at radius 2 is 2.14 bits per heavy atom. The van der Waals surface area contributed by atoms with Crippen LogP contribution in [0.3, 0.4) is 0 Å². The van der Waals surface area contributed by atoms with Crippen LogP contribution in [0.1, 0.15) is 19.4 Å². The average Bonchev–Trinajstić information content (AvgIpc) is 2.26. The Morgan fingerprint density at radius 1 is 1.43 bits per heavy atom. The lowest BCUT2D eigenvalue weighted by Gasteiger charge is -2.11. The van der Waals surface area contributed by atoms with E-state index in [1.54, 1.807) is 0 Å². The molecule has 0 aliphatic heterocycles. The molecule has 0 aromatic heterocycles. The van der Waals surface area contributed by atoms with Gasteiger partial charge in [0.1, 0.15) is 0 Å². The predicted octanol–water partition coefficient (Wildman–Crippen LogP) is 2.82. The van der Waals surface area contributed by atoms with Crippen molar-refractivity contribution in [1.82, 2.24) is 0 Å². The molecule has 1 unspecified atom stereocenters. The summed E-state index contributed by atoms with van der Waals surface area (Å²) in [5.41, 5.74) is 2.45. The van der Waals surface area contributed by atoms with Gasteiger partial charge in [0.2, 0.25) is 0 Å². The number of hydrogen-bond donors (Lipinski definition) is 1. The number of para-hydroxylation sites is 1. The van der Waals surface area contributed by atoms with Crippen LogP contribution in [-0.4, -0.2) is 6.54 Å². The highest BCUT2D eigenvalue weighted by molar-refractivity contribution is 5.51. The van der Waals surface area contributed by atoms with Crippen LogP contribution in [0.25, 0.3) is 0 Å². The van der Waals surface area contributed by atoms with E-state index in [0.717, 1.165) is 12.1 Å². The highest BCUT2D eigenvalue weighted by Crippen LogP contribution is 2.15. The van der Waals surface area contributed by atoms with Crippen LogP contribution in [0.2, 0.25) is 0 Å². The van der Waals surface area contributed by atoms with E-state index in [-0.39, 0.29) is 5.92 Å². The third-order valence-electron chi connectivity index (χ3n) is 2.22. The van der Waals surface area contributed by atoms with E-state index in [9.17, 15) is 0 Å². The number of nitriles is 1. The van der Waals surface area contributed by atoms with Gasteiger partial charge in [-0.15, -0.1) is 0 Å². The molecular weight excluding hydrogens is 172 g/mol. The molecule has 0 radical (unpaired) electrons. The zero-order chi connectivity index (χ0) is 10.4. The van der Waals surface area contributed by atoms with Crippen LogP contribution in [0.5, 0.6) is 0 Å². The van der Waals surface area contributed by atoms with Crippen LogP contribution in [0.15, 0.2) is 24.3 Å². The van der Waals surface area contributed by atoms with Crippen molar-refractivity contribution in [3.05, 3.63) is 29.8 Å². The number of anilines is 1. The van der Waals surface area contributed by atoms with Gasteiger partial charge in [0.25, 0.3) is 0 Å². The summed E-state index contributed by atoms with van der Waals surface area (Å²) in [6, 6.07) is 10.4. The topological polar surface area (TPSA) is 35.8 Å². The predicted molar refractivity (Wildman–Crippen MR) is 59.1 cm³/mol. The summed E-state index contributed by atoms with van der Waals surface area (Å²) in [6.45, 7) is 4.77. The molecule has 1 aromatic rings. The Hall–Kier alpha value is -1.49. The zero-order valence-electron chi connectivity index (χ0n) is 8.75. The first-order valence-corrected chi connectivity index (χ1v) is 4.99. The Balaban J connectivity index is 2.63. The summed E-state index contributed by atoms with van der Waals surface area (Å²) in [6.07, 6.45) is 1.02. The van der Waals surface area contributed by atoms with Gasteiger partial charge in [-0.25, -0.2) is 0 Å². The van der Waals surface area contributed by atoms with E-state index in [1.165, 1.54) is 5.56 Å². The molecule has 0 heterocycles. The maximum Gasteiger partial charge on any atom is 0.0671 e. The minimum absolute atomic E-state index is 0.0555. The lowest BCUT2D eigenvalue weighted by Crippen LogP contribution is -2.10. The fourth-order valence-electron chi connectivity index (χ4n) is 1.31. The number of benzene rings is 1. The SMILES string of the molecule is CCc1ccccc1NCC(C)C#N. The summed E-state index contributed by atoms with van der Waals surface area (Å²) in [7, 11) is 0. The van der Waals surface area contributed by atoms with Crippen molar-refractivity contribution >= 4 is 5.69 Å². The molecule has 0 fully saturated rings. The molecule has 1 N–H and O–H groups in total. The van der Waals surface area contributed by atoms with Gasteiger partial charge in [0.05, 0.1) is 12.0 Å². The van der Waals surface area contributed by atoms with Gasteiger partial charge in [-0.05, 0) is 25.0 Å². The summed E-state index contributed by atoms with van der Waals surface area (Å²) < 4.78 is 0. The second-order valence-electron chi connectivity index (χ2n) is 3.42. The van der Waals surface area contributed by atoms with Gasteiger partial charge < -0.3 is 5.32 Å². The maximum absolute atomic E-state index is 8.65. The molecule has 1 aromatic carbocycles. The second kappa shape index (κ2) is 5.29. The lowest BCUT2D eigenvalue weighted by atomic mass is 10.1. The molecule has 0 amide bonds. The molecule has 74 valence electrons. The molecule has 2 nitrogen and oxygen atoms in total. The average molecular weight is 188 g/mol. The van der Waals surface area contributed by atoms with Crippen molar-refractivity contribution in [2.24, 2.45) is 5.92 Å². The van der Waals surface area contributed by atoms with Gasteiger partial charge in [0.15, 0.2) is 0 Å². The second-order valence-corrected chi connectivity index (χ2v) is 3.42. The van der Waals surface area contributed by atoms with Crippen molar-refractivity contribution in [3.63, 3.8) is 0 Å². The molecule has 14 heavy (non-hydrogen) atoms. The molecule has 0 bridgehead atoms. The van der Waals surface area contributed by atoms with E-state index >= 15 is 0 Å². The number of hydrogen-bond acceptors (Lipinski definition) is 2. The van der Waals surface area contributed by atoms with Crippen molar-refractivity contribution in [2.75, 3.05) is 11.9 Å². The minimum atomic E-state index is 0.0555. The molecule has 1 atom stereocenters. The molecular formula is C12H16N2. The van der Waals surface area contributed by atoms with Crippen molar-refractivity contribution < 1.29 is 0 Å². The quantitative estimate of drug-likeness (QED) is 0.788. The normalized spacial score (nSPS) is 11.8. The molecule has 0 saturated heterocycles. The summed E-state index contributed by atoms with van der Waals surface area (Å²) in [4.78, 5) is 0. The molecule has 0 aliphatic rings. The van der Waals surface area contributed by atoms with E-state index in [1.807, 2.05) is 19.1 Å². The minimum Gasteiger partial charge on any atom is -0.384 e. The fraction of sp³-hybridized carbons (Fsp3) is 0.417. The molecule has 2 heteroatoms. The largest absolute Gasteiger partial charge is 0.384 e. The van der Waals surface area contributed by atoms with Crippen LogP contribution in [0.4, 0.5) is 5.69 Å². The zero-order valence-corrected chi connectivity index (χ0v) is 8.75. The third-order valence-corrected chi connectivity index (χ3v) is 2.22. The summed E-state index contributed by atoms with van der Waals surface area (Å²) in [5.74, 6) is 0.0555. The lowest BCUT2D eigenvalue weighted by molar-refractivity contribution is 0.785. The molecule has 0 aliphatic carbocycles. The van der Waals surface area contributed by atoms with Crippen LogP contribution < -0.4 is 5.32 Å². The highest BCUT2D eigenvalue weighted by atomic mass is 14.9. The highest BCUT2D eigenvalue weighted by Gasteiger charge is 2.01. The van der Waals surface area contributed by atoms with Gasteiger partial charge in [-0.3, -0.25) is 0 Å². The third kappa shape index (κ3) is 2.77. The van der Waals surface area contributed by atoms with E-state index in [4.69, 9.17) is 5.26 Å². The maximum atomic E-state index is 8.65. The number of aryl methyl sites for hydroxylation is 1. The Kier molecular flexibility index (Phi) is 4.00. The Bertz CT molecular complexity index is 325. The van der Waals surface area contributed by atoms with Crippen molar-refractivity contribution in [2.45, 2.75) is 20.3 Å². The van der Waals surface area contributed by atoms with Gasteiger partial charge in [-0.1, -0.05) is 25.1 Å². The number of rotatable bonds is 4. The van der Waals surface area contributed by atoms with Gasteiger partial charge in [-0.2, -0.15) is 5.26 Å². The van der Waals surface area contributed by atoms with Crippen LogP contribution in [0, 0.1) is 17.2 Å². The van der Waals surface area contributed by atoms with E-state index in [0.29, 0.717) is 6.54 Å². The van der Waals surface area contributed by atoms with Crippen molar-refractivity contribution in [3.8, 4) is 6.07 Å². The summed E-state index contributed by atoms with van der Waals surface area (Å²) in [5, 5.41) is 11.9.